The maximum absolute atomic E-state index is 12.8. The van der Waals surface area contributed by atoms with Crippen molar-refractivity contribution in [3.63, 3.8) is 0 Å². The third-order valence-corrected chi connectivity index (χ3v) is 7.48. The largest absolute Gasteiger partial charge is 0.304 e. The van der Waals surface area contributed by atoms with Crippen LogP contribution in [-0.4, -0.2) is 92.3 Å². The van der Waals surface area contributed by atoms with E-state index in [9.17, 15) is 8.42 Å². The molecule has 0 atom stereocenters. The number of rotatable bonds is 3. The summed E-state index contributed by atoms with van der Waals surface area (Å²) in [5.41, 5.74) is 0. The van der Waals surface area contributed by atoms with Gasteiger partial charge in [-0.2, -0.15) is 17.0 Å². The van der Waals surface area contributed by atoms with E-state index in [1.165, 1.54) is 25.7 Å². The van der Waals surface area contributed by atoms with Crippen LogP contribution in [0.4, 0.5) is 0 Å². The van der Waals surface area contributed by atoms with E-state index in [4.69, 9.17) is 0 Å². The number of nitrogens with zero attached hydrogens (tertiary/aromatic N) is 4. The minimum absolute atomic E-state index is 0.627. The van der Waals surface area contributed by atoms with Crippen LogP contribution in [0.25, 0.3) is 0 Å². The zero-order valence-corrected chi connectivity index (χ0v) is 14.6. The molecule has 0 N–H and O–H groups in total. The van der Waals surface area contributed by atoms with Gasteiger partial charge in [0, 0.05) is 51.9 Å². The maximum atomic E-state index is 12.8. The molecule has 0 amide bonds. The average Bonchev–Trinajstić information content (AvgIpc) is 2.92. The highest BCUT2D eigenvalue weighted by atomic mass is 32.2. The molecule has 0 aromatic carbocycles. The van der Waals surface area contributed by atoms with Gasteiger partial charge in [0.05, 0.1) is 0 Å². The van der Waals surface area contributed by atoms with Gasteiger partial charge in [-0.3, -0.25) is 4.90 Å². The Hall–Kier alpha value is -0.210. The summed E-state index contributed by atoms with van der Waals surface area (Å²) in [5.74, 6) is 0. The fourth-order valence-electron chi connectivity index (χ4n) is 3.96. The molecule has 2 aliphatic heterocycles. The summed E-state index contributed by atoms with van der Waals surface area (Å²) in [7, 11) is -1.21. The lowest BCUT2D eigenvalue weighted by Crippen LogP contribution is -2.52. The topological polar surface area (TPSA) is 47.1 Å². The number of piperazine rings is 1. The van der Waals surface area contributed by atoms with Gasteiger partial charge in [-0.1, -0.05) is 12.8 Å². The lowest BCUT2D eigenvalue weighted by Gasteiger charge is -2.35. The van der Waals surface area contributed by atoms with Crippen LogP contribution in [-0.2, 0) is 10.2 Å². The van der Waals surface area contributed by atoms with Crippen molar-refractivity contribution in [2.75, 3.05) is 59.4 Å². The fourth-order valence-corrected chi connectivity index (χ4v) is 5.58. The smallest absolute Gasteiger partial charge is 0.282 e. The molecule has 0 spiro atoms. The van der Waals surface area contributed by atoms with Crippen molar-refractivity contribution in [1.29, 1.82) is 0 Å². The van der Waals surface area contributed by atoms with Gasteiger partial charge in [0.15, 0.2) is 0 Å². The van der Waals surface area contributed by atoms with Crippen LogP contribution in [0.5, 0.6) is 0 Å². The van der Waals surface area contributed by atoms with E-state index in [1.54, 1.807) is 8.61 Å². The van der Waals surface area contributed by atoms with Gasteiger partial charge in [0.2, 0.25) is 0 Å². The first-order chi connectivity index (χ1) is 10.6. The van der Waals surface area contributed by atoms with Gasteiger partial charge in [0.1, 0.15) is 0 Å². The van der Waals surface area contributed by atoms with Crippen LogP contribution in [0.2, 0.25) is 0 Å². The van der Waals surface area contributed by atoms with Crippen LogP contribution in [0, 0.1) is 0 Å². The van der Waals surface area contributed by atoms with Gasteiger partial charge in [0.25, 0.3) is 10.2 Å². The molecule has 0 bridgehead atoms. The molecule has 7 heteroatoms. The van der Waals surface area contributed by atoms with Gasteiger partial charge in [-0.25, -0.2) is 0 Å². The van der Waals surface area contributed by atoms with E-state index in [2.05, 4.69) is 16.8 Å². The molecule has 0 aromatic rings. The normalized spacial score (nSPS) is 29.0. The number of hydrogen-bond donors (Lipinski definition) is 0. The van der Waals surface area contributed by atoms with E-state index in [0.717, 1.165) is 32.6 Å². The molecule has 3 fully saturated rings. The summed E-state index contributed by atoms with van der Waals surface area (Å²) in [6.45, 7) is 6.21. The zero-order valence-electron chi connectivity index (χ0n) is 13.8. The Balaban J connectivity index is 1.59. The van der Waals surface area contributed by atoms with Gasteiger partial charge in [-0.05, 0) is 32.9 Å². The second-order valence-corrected chi connectivity index (χ2v) is 8.87. The summed E-state index contributed by atoms with van der Waals surface area (Å²) >= 11 is 0. The molecule has 1 aliphatic carbocycles. The monoisotopic (exact) mass is 330 g/mol. The minimum atomic E-state index is -3.27. The Labute approximate surface area is 135 Å². The van der Waals surface area contributed by atoms with Crippen molar-refractivity contribution in [3.05, 3.63) is 0 Å². The second kappa shape index (κ2) is 7.13. The van der Waals surface area contributed by atoms with Crippen molar-refractivity contribution in [2.45, 2.75) is 38.1 Å². The molecule has 2 saturated heterocycles. The molecule has 1 saturated carbocycles. The minimum Gasteiger partial charge on any atom is -0.304 e. The molecule has 6 nitrogen and oxygen atoms in total. The zero-order chi connectivity index (χ0) is 15.6. The Morgan fingerprint density at radius 1 is 0.727 bits per heavy atom. The van der Waals surface area contributed by atoms with Crippen LogP contribution < -0.4 is 0 Å². The summed E-state index contributed by atoms with van der Waals surface area (Å²) in [6.07, 6.45) is 6.23. The van der Waals surface area contributed by atoms with Gasteiger partial charge in [-0.15, -0.1) is 0 Å². The van der Waals surface area contributed by atoms with Crippen LogP contribution in [0.15, 0.2) is 0 Å². The van der Waals surface area contributed by atoms with Crippen LogP contribution in [0.1, 0.15) is 32.1 Å². The lowest BCUT2D eigenvalue weighted by molar-refractivity contribution is 0.201. The van der Waals surface area contributed by atoms with Crippen LogP contribution >= 0.6 is 0 Å². The molecule has 0 unspecified atom stereocenters. The third-order valence-electron chi connectivity index (χ3n) is 5.45. The number of hydrogen-bond acceptors (Lipinski definition) is 4. The Morgan fingerprint density at radius 2 is 1.32 bits per heavy atom. The Kier molecular flexibility index (Phi) is 5.39. The molecule has 0 radical (unpaired) electrons. The standard InChI is InChI=1S/C15H30N4O2S/c1-16-9-12-19(13-10-16)22(20,21)18-8-4-7-17(11-14-18)15-5-2-3-6-15/h15H,2-14H2,1H3. The Bertz CT molecular complexity index is 456. The third kappa shape index (κ3) is 3.64. The molecule has 22 heavy (non-hydrogen) atoms. The highest BCUT2D eigenvalue weighted by Gasteiger charge is 2.34. The molecular formula is C15H30N4O2S. The van der Waals surface area contributed by atoms with E-state index in [0.29, 0.717) is 32.2 Å². The van der Waals surface area contributed by atoms with Crippen molar-refractivity contribution in [1.82, 2.24) is 18.4 Å². The second-order valence-electron chi connectivity index (χ2n) is 6.94. The first-order valence-corrected chi connectivity index (χ1v) is 10.1. The highest BCUT2D eigenvalue weighted by Crippen LogP contribution is 2.25. The van der Waals surface area contributed by atoms with E-state index in [-0.39, 0.29) is 0 Å². The van der Waals surface area contributed by atoms with E-state index >= 15 is 0 Å². The van der Waals surface area contributed by atoms with Gasteiger partial charge < -0.3 is 4.90 Å². The van der Waals surface area contributed by atoms with Crippen molar-refractivity contribution in [3.8, 4) is 0 Å². The predicted molar refractivity (Wildman–Crippen MR) is 88.0 cm³/mol. The van der Waals surface area contributed by atoms with Crippen LogP contribution in [0.3, 0.4) is 0 Å². The first kappa shape index (κ1) is 16.6. The number of likely N-dealkylation sites (N-methyl/N-ethyl adjacent to an activating group) is 1. The summed E-state index contributed by atoms with van der Waals surface area (Å²) in [4.78, 5) is 4.72. The van der Waals surface area contributed by atoms with Crippen molar-refractivity contribution in [2.24, 2.45) is 0 Å². The molecule has 3 aliphatic rings. The highest BCUT2D eigenvalue weighted by molar-refractivity contribution is 7.86. The molecule has 128 valence electrons. The van der Waals surface area contributed by atoms with Gasteiger partial charge >= 0.3 is 0 Å². The summed E-state index contributed by atoms with van der Waals surface area (Å²) in [6, 6.07) is 0.700. The Morgan fingerprint density at radius 3 is 2.00 bits per heavy atom. The van der Waals surface area contributed by atoms with Crippen molar-refractivity contribution >= 4 is 10.2 Å². The SMILES string of the molecule is CN1CCN(S(=O)(=O)N2CCCN(C3CCCC3)CC2)CC1. The summed E-state index contributed by atoms with van der Waals surface area (Å²) in [5, 5.41) is 0. The van der Waals surface area contributed by atoms with Crippen molar-refractivity contribution < 1.29 is 8.42 Å². The van der Waals surface area contributed by atoms with E-state index in [1.807, 2.05) is 0 Å². The predicted octanol–water partition coefficient (Wildman–Crippen LogP) is 0.429. The lowest BCUT2D eigenvalue weighted by atomic mass is 10.2. The first-order valence-electron chi connectivity index (χ1n) is 8.75. The van der Waals surface area contributed by atoms with E-state index < -0.39 is 10.2 Å². The quantitative estimate of drug-likeness (QED) is 0.753. The molecule has 2 heterocycles. The molecule has 0 aromatic heterocycles. The molecule has 3 rings (SSSR count). The summed E-state index contributed by atoms with van der Waals surface area (Å²) < 4.78 is 29.1. The fraction of sp³-hybridized carbons (Fsp3) is 1.00. The average molecular weight is 330 g/mol. The molecular weight excluding hydrogens is 300 g/mol. The maximum Gasteiger partial charge on any atom is 0.282 e.